The normalized spacial score (nSPS) is 42.4. The number of ether oxygens (including phenoxy) is 1. The van der Waals surface area contributed by atoms with Gasteiger partial charge in [0.15, 0.2) is 11.4 Å². The van der Waals surface area contributed by atoms with Gasteiger partial charge in [-0.25, -0.2) is 4.79 Å². The molecule has 0 heterocycles. The second kappa shape index (κ2) is 8.38. The Morgan fingerprint density at radius 1 is 1.14 bits per heavy atom. The van der Waals surface area contributed by atoms with Crippen LogP contribution in [0.25, 0.3) is 0 Å². The van der Waals surface area contributed by atoms with Gasteiger partial charge in [-0.15, -0.1) is 0 Å². The molecule has 35 heavy (non-hydrogen) atoms. The summed E-state index contributed by atoms with van der Waals surface area (Å²) in [4.78, 5) is 38.8. The molecule has 3 saturated carbocycles. The molecule has 8 atom stereocenters. The van der Waals surface area contributed by atoms with Gasteiger partial charge in [-0.1, -0.05) is 44.5 Å². The van der Waals surface area contributed by atoms with Crippen molar-refractivity contribution in [1.82, 2.24) is 0 Å². The van der Waals surface area contributed by atoms with E-state index in [1.807, 2.05) is 19.1 Å². The summed E-state index contributed by atoms with van der Waals surface area (Å²) >= 11 is 0. The highest BCUT2D eigenvalue weighted by atomic mass is 16.6. The molecule has 1 aromatic carbocycles. The number of allylic oxidation sites excluding steroid dienone is 1. The number of benzene rings is 1. The minimum Gasteiger partial charge on any atom is -0.447 e. The first-order chi connectivity index (χ1) is 16.6. The van der Waals surface area contributed by atoms with Crippen molar-refractivity contribution in [1.29, 1.82) is 0 Å². The first-order valence-electron chi connectivity index (χ1n) is 12.9. The van der Waals surface area contributed by atoms with Gasteiger partial charge in [0, 0.05) is 11.8 Å². The van der Waals surface area contributed by atoms with Crippen LogP contribution in [-0.4, -0.2) is 46.1 Å². The van der Waals surface area contributed by atoms with E-state index in [0.29, 0.717) is 31.2 Å². The quantitative estimate of drug-likeness (QED) is 0.634. The van der Waals surface area contributed by atoms with E-state index in [-0.39, 0.29) is 34.9 Å². The zero-order valence-corrected chi connectivity index (χ0v) is 20.8. The number of esters is 1. The van der Waals surface area contributed by atoms with Crippen molar-refractivity contribution < 1.29 is 29.3 Å². The summed E-state index contributed by atoms with van der Waals surface area (Å²) in [6.07, 6.45) is 4.52. The Balaban J connectivity index is 1.55. The van der Waals surface area contributed by atoms with Gasteiger partial charge < -0.3 is 14.9 Å². The summed E-state index contributed by atoms with van der Waals surface area (Å²) in [5.41, 5.74) is -1.01. The highest BCUT2D eigenvalue weighted by Gasteiger charge is 2.70. The van der Waals surface area contributed by atoms with Crippen LogP contribution in [-0.2, 0) is 14.3 Å². The summed E-state index contributed by atoms with van der Waals surface area (Å²) in [6, 6.07) is 8.61. The summed E-state index contributed by atoms with van der Waals surface area (Å²) in [5, 5.41) is 21.7. The maximum atomic E-state index is 13.4. The van der Waals surface area contributed by atoms with E-state index >= 15 is 0 Å². The molecule has 4 aliphatic carbocycles. The Bertz CT molecular complexity index is 1080. The third-order valence-electron chi connectivity index (χ3n) is 10.2. The van der Waals surface area contributed by atoms with Gasteiger partial charge in [0.05, 0.1) is 11.7 Å². The number of hydrogen-bond acceptors (Lipinski definition) is 6. The minimum absolute atomic E-state index is 0.0130. The number of aliphatic hydroxyl groups excluding tert-OH is 2. The summed E-state index contributed by atoms with van der Waals surface area (Å²) in [6.45, 7) is 5.62. The SMILES string of the molecule is C[C@H]1C[C@@H]2[C@H]([C@@H](O)C[C@@]3(C)[C@H]2CC[C@]3(OC(=O)c2ccccc2)C(=O)CO)[C@@]2(C)CCC(=O)C=C12. The molecule has 2 N–H and O–H groups in total. The molecule has 0 aromatic heterocycles. The number of rotatable bonds is 4. The second-order valence-corrected chi connectivity index (χ2v) is 11.8. The second-order valence-electron chi connectivity index (χ2n) is 11.8. The van der Waals surface area contributed by atoms with Crippen LogP contribution >= 0.6 is 0 Å². The van der Waals surface area contributed by atoms with Crippen LogP contribution in [0.15, 0.2) is 42.0 Å². The van der Waals surface area contributed by atoms with Gasteiger partial charge in [-0.3, -0.25) is 9.59 Å². The molecule has 0 bridgehead atoms. The molecule has 0 radical (unpaired) electrons. The maximum Gasteiger partial charge on any atom is 0.339 e. The topological polar surface area (TPSA) is 101 Å². The predicted molar refractivity (Wildman–Crippen MR) is 129 cm³/mol. The van der Waals surface area contributed by atoms with Crippen LogP contribution in [0.5, 0.6) is 0 Å². The van der Waals surface area contributed by atoms with Gasteiger partial charge in [0.2, 0.25) is 5.78 Å². The fourth-order valence-corrected chi connectivity index (χ4v) is 8.71. The number of aliphatic hydroxyl groups is 2. The first kappa shape index (κ1) is 24.4. The number of carbonyl (C=O) groups is 3. The molecule has 3 fully saturated rings. The van der Waals surface area contributed by atoms with Crippen molar-refractivity contribution in [3.8, 4) is 0 Å². The van der Waals surface area contributed by atoms with Crippen molar-refractivity contribution in [3.63, 3.8) is 0 Å². The van der Waals surface area contributed by atoms with Crippen molar-refractivity contribution in [2.75, 3.05) is 6.61 Å². The maximum absolute atomic E-state index is 13.4. The number of fused-ring (bicyclic) bond motifs is 5. The Hall–Kier alpha value is -2.31. The molecular formula is C29H36O6. The van der Waals surface area contributed by atoms with Gasteiger partial charge in [0.25, 0.3) is 0 Å². The third kappa shape index (κ3) is 3.40. The lowest BCUT2D eigenvalue weighted by Gasteiger charge is -2.62. The largest absolute Gasteiger partial charge is 0.447 e. The molecule has 188 valence electrons. The molecule has 0 amide bonds. The highest BCUT2D eigenvalue weighted by Crippen LogP contribution is 2.69. The summed E-state index contributed by atoms with van der Waals surface area (Å²) in [7, 11) is 0. The van der Waals surface area contributed by atoms with Crippen LogP contribution in [0.4, 0.5) is 0 Å². The average molecular weight is 481 g/mol. The van der Waals surface area contributed by atoms with Crippen LogP contribution in [0.1, 0.15) is 69.7 Å². The van der Waals surface area contributed by atoms with Crippen LogP contribution in [0.3, 0.4) is 0 Å². The van der Waals surface area contributed by atoms with E-state index in [0.717, 1.165) is 18.4 Å². The summed E-state index contributed by atoms with van der Waals surface area (Å²) in [5.74, 6) is -0.510. The monoisotopic (exact) mass is 480 g/mol. The molecule has 0 unspecified atom stereocenters. The van der Waals surface area contributed by atoms with Gasteiger partial charge in [-0.2, -0.15) is 0 Å². The predicted octanol–water partition coefficient (Wildman–Crippen LogP) is 3.89. The lowest BCUT2D eigenvalue weighted by atomic mass is 9.44. The zero-order chi connectivity index (χ0) is 25.2. The van der Waals surface area contributed by atoms with E-state index < -0.39 is 35.5 Å². The number of carbonyl (C=O) groups excluding carboxylic acids is 3. The van der Waals surface area contributed by atoms with Crippen molar-refractivity contribution in [3.05, 3.63) is 47.5 Å². The van der Waals surface area contributed by atoms with Gasteiger partial charge in [-0.05, 0) is 79.4 Å². The molecular weight excluding hydrogens is 444 g/mol. The minimum atomic E-state index is -1.48. The third-order valence-corrected chi connectivity index (χ3v) is 10.2. The molecule has 5 rings (SSSR count). The fraction of sp³-hybridized carbons (Fsp3) is 0.621. The van der Waals surface area contributed by atoms with Crippen molar-refractivity contribution in [2.24, 2.45) is 34.5 Å². The molecule has 0 spiro atoms. The Morgan fingerprint density at radius 2 is 1.86 bits per heavy atom. The van der Waals surface area contributed by atoms with Crippen molar-refractivity contribution >= 4 is 17.5 Å². The van der Waals surface area contributed by atoms with E-state index in [9.17, 15) is 24.6 Å². The molecule has 6 nitrogen and oxygen atoms in total. The zero-order valence-electron chi connectivity index (χ0n) is 20.8. The Labute approximate surface area is 206 Å². The molecule has 4 aliphatic rings. The van der Waals surface area contributed by atoms with E-state index in [1.54, 1.807) is 24.3 Å². The lowest BCUT2D eigenvalue weighted by molar-refractivity contribution is -0.185. The number of hydrogen-bond donors (Lipinski definition) is 2. The van der Waals surface area contributed by atoms with E-state index in [1.165, 1.54) is 0 Å². The van der Waals surface area contributed by atoms with Gasteiger partial charge in [0.1, 0.15) is 6.61 Å². The standard InChI is InChI=1S/C29H36O6/c1-17-13-20-21-10-12-29(24(33)16-30,35-26(34)18-7-5-4-6-8-18)28(21,3)15-23(32)25(20)27(2)11-9-19(31)14-22(17)27/h4-8,14,17,20-21,23,25,30,32H,9-13,15-16H2,1-3H3/t17-,20-,21-,23-,25+,27-,28-,29-/m0/s1. The van der Waals surface area contributed by atoms with Crippen LogP contribution in [0.2, 0.25) is 0 Å². The molecule has 1 aromatic rings. The smallest absolute Gasteiger partial charge is 0.339 e. The van der Waals surface area contributed by atoms with Crippen molar-refractivity contribution in [2.45, 2.75) is 71.0 Å². The first-order valence-corrected chi connectivity index (χ1v) is 12.9. The van der Waals surface area contributed by atoms with Crippen LogP contribution < -0.4 is 0 Å². The number of ketones is 2. The van der Waals surface area contributed by atoms with Crippen LogP contribution in [0, 0.1) is 34.5 Å². The fourth-order valence-electron chi connectivity index (χ4n) is 8.71. The van der Waals surface area contributed by atoms with Gasteiger partial charge >= 0.3 is 5.97 Å². The molecule has 0 aliphatic heterocycles. The Kier molecular flexibility index (Phi) is 5.84. The molecule has 6 heteroatoms. The van der Waals surface area contributed by atoms with E-state index in [4.69, 9.17) is 4.74 Å². The molecule has 0 saturated heterocycles. The lowest BCUT2D eigenvalue weighted by Crippen LogP contribution is -2.63. The Morgan fingerprint density at radius 3 is 2.54 bits per heavy atom. The summed E-state index contributed by atoms with van der Waals surface area (Å²) < 4.78 is 6.10. The highest BCUT2D eigenvalue weighted by molar-refractivity contribution is 5.96. The van der Waals surface area contributed by atoms with E-state index in [2.05, 4.69) is 13.8 Å². The number of Topliss-reactive ketones (excluding diaryl/α,β-unsaturated/α-hetero) is 1. The average Bonchev–Trinajstić information content (AvgIpc) is 3.12.